The van der Waals surface area contributed by atoms with Crippen LogP contribution in [0.15, 0.2) is 66.7 Å². The SMILES string of the molecule is N#C[C@H](c1ccccc1)[C@H](O)/C=C/c1ccccc1. The average Bonchev–Trinajstić information content (AvgIpc) is 2.48. The standard InChI is InChI=1S/C17H15NO/c18-13-16(15-9-5-2-6-10-15)17(19)12-11-14-7-3-1-4-8-14/h1-12,16-17,19H/b12-11+/t16-,17-/m1/s1. The van der Waals surface area contributed by atoms with Gasteiger partial charge in [0.2, 0.25) is 0 Å². The summed E-state index contributed by atoms with van der Waals surface area (Å²) < 4.78 is 0. The van der Waals surface area contributed by atoms with Crippen LogP contribution in [0.2, 0.25) is 0 Å². The predicted octanol–water partition coefficient (Wildman–Crippen LogP) is 3.37. The zero-order valence-electron chi connectivity index (χ0n) is 10.5. The molecule has 2 aromatic carbocycles. The number of aliphatic hydroxyl groups is 1. The minimum Gasteiger partial charge on any atom is -0.387 e. The summed E-state index contributed by atoms with van der Waals surface area (Å²) in [6, 6.07) is 21.2. The number of aliphatic hydroxyl groups excluding tert-OH is 1. The zero-order valence-corrected chi connectivity index (χ0v) is 10.5. The van der Waals surface area contributed by atoms with Gasteiger partial charge in [0.05, 0.1) is 12.2 Å². The quantitative estimate of drug-likeness (QED) is 0.902. The van der Waals surface area contributed by atoms with Gasteiger partial charge in [-0.3, -0.25) is 0 Å². The second-order valence-electron chi connectivity index (χ2n) is 4.28. The molecule has 0 heterocycles. The van der Waals surface area contributed by atoms with E-state index < -0.39 is 12.0 Å². The Kier molecular flexibility index (Phi) is 4.49. The fourth-order valence-corrected chi connectivity index (χ4v) is 1.89. The third-order valence-corrected chi connectivity index (χ3v) is 2.92. The van der Waals surface area contributed by atoms with E-state index in [4.69, 9.17) is 0 Å². The first-order chi connectivity index (χ1) is 9.31. The topological polar surface area (TPSA) is 44.0 Å². The molecule has 94 valence electrons. The molecule has 2 nitrogen and oxygen atoms in total. The van der Waals surface area contributed by atoms with Crippen LogP contribution in [0.5, 0.6) is 0 Å². The molecule has 0 bridgehead atoms. The molecule has 0 aliphatic carbocycles. The molecule has 0 aliphatic rings. The number of nitriles is 1. The number of nitrogens with zero attached hydrogens (tertiary/aromatic N) is 1. The van der Waals surface area contributed by atoms with E-state index in [0.717, 1.165) is 11.1 Å². The molecular formula is C17H15NO. The van der Waals surface area contributed by atoms with E-state index in [2.05, 4.69) is 6.07 Å². The van der Waals surface area contributed by atoms with E-state index >= 15 is 0 Å². The van der Waals surface area contributed by atoms with E-state index in [9.17, 15) is 10.4 Å². The van der Waals surface area contributed by atoms with Gasteiger partial charge >= 0.3 is 0 Å². The summed E-state index contributed by atoms with van der Waals surface area (Å²) >= 11 is 0. The van der Waals surface area contributed by atoms with Gasteiger partial charge in [0.1, 0.15) is 5.92 Å². The Bertz CT molecular complexity index is 569. The van der Waals surface area contributed by atoms with Crippen LogP contribution in [-0.2, 0) is 0 Å². The van der Waals surface area contributed by atoms with Crippen molar-refractivity contribution in [2.45, 2.75) is 12.0 Å². The minimum absolute atomic E-state index is 0.541. The van der Waals surface area contributed by atoms with Crippen LogP contribution in [0.25, 0.3) is 6.08 Å². The maximum Gasteiger partial charge on any atom is 0.101 e. The molecule has 0 saturated heterocycles. The van der Waals surface area contributed by atoms with Gasteiger partial charge in [0.15, 0.2) is 0 Å². The molecule has 0 radical (unpaired) electrons. The second kappa shape index (κ2) is 6.53. The summed E-state index contributed by atoms with van der Waals surface area (Å²) in [7, 11) is 0. The third-order valence-electron chi connectivity index (χ3n) is 2.92. The lowest BCUT2D eigenvalue weighted by Crippen LogP contribution is -2.14. The molecule has 0 amide bonds. The van der Waals surface area contributed by atoms with E-state index in [1.54, 1.807) is 6.08 Å². The van der Waals surface area contributed by atoms with Crippen molar-refractivity contribution in [2.24, 2.45) is 0 Å². The number of benzene rings is 2. The van der Waals surface area contributed by atoms with Gasteiger partial charge in [-0.15, -0.1) is 0 Å². The first-order valence-corrected chi connectivity index (χ1v) is 6.17. The summed E-state index contributed by atoms with van der Waals surface area (Å²) in [5, 5.41) is 19.3. The lowest BCUT2D eigenvalue weighted by atomic mass is 9.94. The third kappa shape index (κ3) is 3.54. The molecule has 0 fully saturated rings. The van der Waals surface area contributed by atoms with Crippen molar-refractivity contribution in [3.8, 4) is 6.07 Å². The van der Waals surface area contributed by atoms with Gasteiger partial charge in [-0.05, 0) is 11.1 Å². The molecule has 2 aromatic rings. The summed E-state index contributed by atoms with van der Waals surface area (Å²) in [5.74, 6) is -0.541. The van der Waals surface area contributed by atoms with E-state index in [1.165, 1.54) is 0 Å². The van der Waals surface area contributed by atoms with Crippen molar-refractivity contribution in [1.29, 1.82) is 5.26 Å². The molecule has 0 spiro atoms. The average molecular weight is 249 g/mol. The summed E-state index contributed by atoms with van der Waals surface area (Å²) in [4.78, 5) is 0. The molecule has 0 unspecified atom stereocenters. The van der Waals surface area contributed by atoms with Crippen molar-refractivity contribution in [2.75, 3.05) is 0 Å². The van der Waals surface area contributed by atoms with Crippen molar-refractivity contribution in [1.82, 2.24) is 0 Å². The lowest BCUT2D eigenvalue weighted by molar-refractivity contribution is 0.210. The van der Waals surface area contributed by atoms with Gasteiger partial charge in [0, 0.05) is 0 Å². The Labute approximate surface area is 113 Å². The highest BCUT2D eigenvalue weighted by Crippen LogP contribution is 2.20. The van der Waals surface area contributed by atoms with Crippen LogP contribution < -0.4 is 0 Å². The largest absolute Gasteiger partial charge is 0.387 e. The van der Waals surface area contributed by atoms with E-state index in [1.807, 2.05) is 66.7 Å². The maximum atomic E-state index is 10.1. The van der Waals surface area contributed by atoms with Gasteiger partial charge in [-0.2, -0.15) is 5.26 Å². The Hall–Kier alpha value is -2.37. The van der Waals surface area contributed by atoms with Crippen LogP contribution in [0.3, 0.4) is 0 Å². The van der Waals surface area contributed by atoms with E-state index in [-0.39, 0.29) is 0 Å². The van der Waals surface area contributed by atoms with Crippen molar-refractivity contribution in [3.63, 3.8) is 0 Å². The molecule has 0 saturated carbocycles. The Morgan fingerprint density at radius 2 is 1.53 bits per heavy atom. The summed E-state index contributed by atoms with van der Waals surface area (Å²) in [5.41, 5.74) is 1.83. The fraction of sp³-hybridized carbons (Fsp3) is 0.118. The molecular weight excluding hydrogens is 234 g/mol. The van der Waals surface area contributed by atoms with Crippen LogP contribution in [0.1, 0.15) is 17.0 Å². The number of hydrogen-bond acceptors (Lipinski definition) is 2. The minimum atomic E-state index is -0.812. The predicted molar refractivity (Wildman–Crippen MR) is 76.3 cm³/mol. The Morgan fingerprint density at radius 1 is 0.947 bits per heavy atom. The first-order valence-electron chi connectivity index (χ1n) is 6.17. The van der Waals surface area contributed by atoms with Crippen LogP contribution in [-0.4, -0.2) is 11.2 Å². The molecule has 19 heavy (non-hydrogen) atoms. The Balaban J connectivity index is 2.13. The van der Waals surface area contributed by atoms with Crippen LogP contribution >= 0.6 is 0 Å². The normalized spacial score (nSPS) is 13.9. The van der Waals surface area contributed by atoms with Gasteiger partial charge < -0.3 is 5.11 Å². The summed E-state index contributed by atoms with van der Waals surface area (Å²) in [6.45, 7) is 0. The second-order valence-corrected chi connectivity index (χ2v) is 4.28. The van der Waals surface area contributed by atoms with Crippen LogP contribution in [0.4, 0.5) is 0 Å². The zero-order chi connectivity index (χ0) is 13.5. The van der Waals surface area contributed by atoms with Crippen LogP contribution in [0, 0.1) is 11.3 Å². The number of hydrogen-bond donors (Lipinski definition) is 1. The number of rotatable bonds is 4. The molecule has 2 atom stereocenters. The molecule has 2 heteroatoms. The highest BCUT2D eigenvalue weighted by atomic mass is 16.3. The van der Waals surface area contributed by atoms with Gasteiger partial charge in [-0.1, -0.05) is 72.8 Å². The monoisotopic (exact) mass is 249 g/mol. The van der Waals surface area contributed by atoms with Crippen molar-refractivity contribution >= 4 is 6.08 Å². The highest BCUT2D eigenvalue weighted by molar-refractivity contribution is 5.50. The molecule has 1 N–H and O–H groups in total. The van der Waals surface area contributed by atoms with Crippen molar-refractivity contribution in [3.05, 3.63) is 77.9 Å². The lowest BCUT2D eigenvalue weighted by Gasteiger charge is -2.13. The maximum absolute atomic E-state index is 10.1. The molecule has 0 aromatic heterocycles. The smallest absolute Gasteiger partial charge is 0.101 e. The first kappa shape index (κ1) is 13.1. The highest BCUT2D eigenvalue weighted by Gasteiger charge is 2.17. The van der Waals surface area contributed by atoms with Gasteiger partial charge in [-0.25, -0.2) is 0 Å². The molecule has 2 rings (SSSR count). The van der Waals surface area contributed by atoms with Crippen molar-refractivity contribution < 1.29 is 5.11 Å². The summed E-state index contributed by atoms with van der Waals surface area (Å²) in [6.07, 6.45) is 2.68. The van der Waals surface area contributed by atoms with Gasteiger partial charge in [0.25, 0.3) is 0 Å². The molecule has 0 aliphatic heterocycles. The fourth-order valence-electron chi connectivity index (χ4n) is 1.89. The van der Waals surface area contributed by atoms with E-state index in [0.29, 0.717) is 0 Å². The Morgan fingerprint density at radius 3 is 2.11 bits per heavy atom.